The first kappa shape index (κ1) is 16.1. The van der Waals surface area contributed by atoms with Crippen molar-refractivity contribution in [2.24, 2.45) is 0 Å². The Kier molecular flexibility index (Phi) is 4.86. The van der Waals surface area contributed by atoms with Crippen LogP contribution in [0.25, 0.3) is 11.4 Å². The van der Waals surface area contributed by atoms with E-state index in [1.807, 2.05) is 49.8 Å². The Morgan fingerprint density at radius 2 is 1.92 bits per heavy atom. The normalized spacial score (nSPS) is 11.0. The molecule has 0 spiro atoms. The summed E-state index contributed by atoms with van der Waals surface area (Å²) in [6.45, 7) is 3.45. The van der Waals surface area contributed by atoms with Gasteiger partial charge < -0.3 is 9.26 Å². The van der Waals surface area contributed by atoms with Crippen molar-refractivity contribution in [3.05, 3.63) is 59.7 Å². The predicted molar refractivity (Wildman–Crippen MR) is 90.4 cm³/mol. The number of pyridine rings is 1. The van der Waals surface area contributed by atoms with Crippen LogP contribution in [0.2, 0.25) is 0 Å². The zero-order valence-electron chi connectivity index (χ0n) is 14.1. The number of benzene rings is 1. The Morgan fingerprint density at radius 1 is 1.12 bits per heavy atom. The predicted octanol–water partition coefficient (Wildman–Crippen LogP) is 3.08. The second-order valence-electron chi connectivity index (χ2n) is 5.71. The van der Waals surface area contributed by atoms with E-state index in [1.54, 1.807) is 7.11 Å². The van der Waals surface area contributed by atoms with Crippen molar-refractivity contribution < 1.29 is 9.26 Å². The molecule has 24 heavy (non-hydrogen) atoms. The zero-order valence-corrected chi connectivity index (χ0v) is 14.1. The van der Waals surface area contributed by atoms with E-state index in [0.717, 1.165) is 17.9 Å². The van der Waals surface area contributed by atoms with Crippen LogP contribution in [0.15, 0.2) is 47.2 Å². The third kappa shape index (κ3) is 3.78. The molecular weight excluding hydrogens is 304 g/mol. The van der Waals surface area contributed by atoms with Crippen molar-refractivity contribution in [2.45, 2.75) is 20.0 Å². The molecule has 0 bridgehead atoms. The number of methoxy groups -OCH3 is 1. The average Bonchev–Trinajstić information content (AvgIpc) is 3.05. The van der Waals surface area contributed by atoms with Crippen LogP contribution in [0, 0.1) is 6.92 Å². The molecule has 0 saturated carbocycles. The van der Waals surface area contributed by atoms with Crippen LogP contribution >= 0.6 is 0 Å². The second kappa shape index (κ2) is 7.23. The molecule has 6 heteroatoms. The highest BCUT2D eigenvalue weighted by atomic mass is 16.5. The van der Waals surface area contributed by atoms with Crippen molar-refractivity contribution in [3.63, 3.8) is 0 Å². The summed E-state index contributed by atoms with van der Waals surface area (Å²) in [5.41, 5.74) is 3.31. The van der Waals surface area contributed by atoms with E-state index in [0.29, 0.717) is 18.3 Å². The largest absolute Gasteiger partial charge is 0.497 e. The molecule has 1 aromatic carbocycles. The third-order valence-electron chi connectivity index (χ3n) is 3.80. The highest BCUT2D eigenvalue weighted by Gasteiger charge is 2.12. The van der Waals surface area contributed by atoms with E-state index in [-0.39, 0.29) is 0 Å². The van der Waals surface area contributed by atoms with Crippen molar-refractivity contribution in [3.8, 4) is 17.1 Å². The molecule has 0 radical (unpaired) electrons. The van der Waals surface area contributed by atoms with Gasteiger partial charge in [0.05, 0.1) is 13.7 Å². The lowest BCUT2D eigenvalue weighted by Gasteiger charge is -2.15. The number of rotatable bonds is 6. The zero-order chi connectivity index (χ0) is 16.9. The summed E-state index contributed by atoms with van der Waals surface area (Å²) in [5.74, 6) is 1.98. The van der Waals surface area contributed by atoms with E-state index < -0.39 is 0 Å². The fraction of sp³-hybridized carbons (Fsp3) is 0.278. The highest BCUT2D eigenvalue weighted by molar-refractivity contribution is 5.55. The second-order valence-corrected chi connectivity index (χ2v) is 5.71. The Balaban J connectivity index is 1.66. The molecule has 0 unspecified atom stereocenters. The fourth-order valence-electron chi connectivity index (χ4n) is 2.43. The fourth-order valence-corrected chi connectivity index (χ4v) is 2.43. The molecule has 6 nitrogen and oxygen atoms in total. The van der Waals surface area contributed by atoms with Gasteiger partial charge in [0, 0.05) is 24.5 Å². The minimum absolute atomic E-state index is 0.584. The van der Waals surface area contributed by atoms with E-state index in [2.05, 4.69) is 26.9 Å². The quantitative estimate of drug-likeness (QED) is 0.694. The summed E-state index contributed by atoms with van der Waals surface area (Å²) >= 11 is 0. The van der Waals surface area contributed by atoms with Gasteiger partial charge in [-0.2, -0.15) is 4.98 Å². The topological polar surface area (TPSA) is 64.3 Å². The van der Waals surface area contributed by atoms with Crippen LogP contribution in [-0.4, -0.2) is 34.2 Å². The van der Waals surface area contributed by atoms with Crippen molar-refractivity contribution in [2.75, 3.05) is 14.2 Å². The first-order valence-corrected chi connectivity index (χ1v) is 7.71. The standard InChI is InChI=1S/C18H20N4O2/c1-13-10-19-9-8-15(13)11-22(2)12-17-20-18(21-24-17)14-4-6-16(23-3)7-5-14/h4-10H,11-12H2,1-3H3. The molecular formula is C18H20N4O2. The summed E-state index contributed by atoms with van der Waals surface area (Å²) in [5, 5.41) is 4.06. The van der Waals surface area contributed by atoms with Crippen molar-refractivity contribution in [1.82, 2.24) is 20.0 Å². The molecule has 0 amide bonds. The van der Waals surface area contributed by atoms with Gasteiger partial charge in [0.25, 0.3) is 0 Å². The van der Waals surface area contributed by atoms with Gasteiger partial charge in [0.1, 0.15) is 5.75 Å². The number of nitrogens with zero attached hydrogens (tertiary/aromatic N) is 4. The number of aryl methyl sites for hydroxylation is 1. The summed E-state index contributed by atoms with van der Waals surface area (Å²) in [6, 6.07) is 9.62. The lowest BCUT2D eigenvalue weighted by Crippen LogP contribution is -2.18. The molecule has 3 aromatic rings. The Labute approximate surface area is 141 Å². The maximum atomic E-state index is 5.37. The molecule has 2 heterocycles. The molecule has 0 aliphatic rings. The minimum Gasteiger partial charge on any atom is -0.497 e. The molecule has 124 valence electrons. The van der Waals surface area contributed by atoms with E-state index in [1.165, 1.54) is 11.1 Å². The SMILES string of the molecule is COc1ccc(-c2noc(CN(C)Cc3ccncc3C)n2)cc1. The Hall–Kier alpha value is -2.73. The van der Waals surface area contributed by atoms with Crippen LogP contribution in [0.4, 0.5) is 0 Å². The molecule has 0 aliphatic carbocycles. The molecule has 3 rings (SSSR count). The van der Waals surface area contributed by atoms with Gasteiger partial charge >= 0.3 is 0 Å². The van der Waals surface area contributed by atoms with E-state index >= 15 is 0 Å². The maximum Gasteiger partial charge on any atom is 0.241 e. The summed E-state index contributed by atoms with van der Waals surface area (Å²) < 4.78 is 10.5. The third-order valence-corrected chi connectivity index (χ3v) is 3.80. The van der Waals surface area contributed by atoms with Gasteiger partial charge in [-0.1, -0.05) is 5.16 Å². The lowest BCUT2D eigenvalue weighted by molar-refractivity contribution is 0.260. The first-order chi connectivity index (χ1) is 11.7. The highest BCUT2D eigenvalue weighted by Crippen LogP contribution is 2.20. The molecule has 0 aliphatic heterocycles. The van der Waals surface area contributed by atoms with Crippen LogP contribution in [0.5, 0.6) is 5.75 Å². The monoisotopic (exact) mass is 324 g/mol. The molecule has 0 fully saturated rings. The van der Waals surface area contributed by atoms with E-state index in [4.69, 9.17) is 9.26 Å². The van der Waals surface area contributed by atoms with E-state index in [9.17, 15) is 0 Å². The first-order valence-electron chi connectivity index (χ1n) is 7.71. The molecule has 2 aromatic heterocycles. The van der Waals surface area contributed by atoms with Crippen LogP contribution in [-0.2, 0) is 13.1 Å². The number of hydrogen-bond acceptors (Lipinski definition) is 6. The molecule has 0 atom stereocenters. The van der Waals surface area contributed by atoms with Crippen molar-refractivity contribution in [1.29, 1.82) is 0 Å². The number of ether oxygens (including phenoxy) is 1. The molecule has 0 saturated heterocycles. The van der Waals surface area contributed by atoms with Crippen molar-refractivity contribution >= 4 is 0 Å². The minimum atomic E-state index is 0.584. The van der Waals surface area contributed by atoms with Gasteiger partial charge in [-0.3, -0.25) is 9.88 Å². The smallest absolute Gasteiger partial charge is 0.241 e. The van der Waals surface area contributed by atoms with Gasteiger partial charge in [-0.15, -0.1) is 0 Å². The number of aromatic nitrogens is 3. The van der Waals surface area contributed by atoms with Gasteiger partial charge in [-0.05, 0) is 55.4 Å². The van der Waals surface area contributed by atoms with Gasteiger partial charge in [0.15, 0.2) is 0 Å². The van der Waals surface area contributed by atoms with Crippen LogP contribution in [0.1, 0.15) is 17.0 Å². The summed E-state index contributed by atoms with van der Waals surface area (Å²) in [6.07, 6.45) is 3.68. The number of hydrogen-bond donors (Lipinski definition) is 0. The molecule has 0 N–H and O–H groups in total. The Morgan fingerprint density at radius 3 is 2.62 bits per heavy atom. The summed E-state index contributed by atoms with van der Waals surface area (Å²) in [7, 11) is 3.67. The maximum absolute atomic E-state index is 5.37. The van der Waals surface area contributed by atoms with Crippen LogP contribution in [0.3, 0.4) is 0 Å². The van der Waals surface area contributed by atoms with Gasteiger partial charge in [0.2, 0.25) is 11.7 Å². The Bertz CT molecular complexity index is 799. The van der Waals surface area contributed by atoms with Gasteiger partial charge in [-0.25, -0.2) is 0 Å². The lowest BCUT2D eigenvalue weighted by atomic mass is 10.1. The summed E-state index contributed by atoms with van der Waals surface area (Å²) in [4.78, 5) is 10.7. The average molecular weight is 324 g/mol. The van der Waals surface area contributed by atoms with Crippen LogP contribution < -0.4 is 4.74 Å².